The van der Waals surface area contributed by atoms with Gasteiger partial charge in [0.05, 0.1) is 0 Å². The lowest BCUT2D eigenvalue weighted by Crippen LogP contribution is -2.04. The summed E-state index contributed by atoms with van der Waals surface area (Å²) in [5, 5.41) is 17.8. The third kappa shape index (κ3) is 4.15. The Morgan fingerprint density at radius 1 is 1.53 bits per heavy atom. The van der Waals surface area contributed by atoms with Crippen LogP contribution in [0.5, 0.6) is 0 Å². The van der Waals surface area contributed by atoms with E-state index in [1.807, 2.05) is 0 Å². The van der Waals surface area contributed by atoms with Crippen LogP contribution in [0.3, 0.4) is 0 Å². The molecule has 2 N–H and O–H groups in total. The maximum atomic E-state index is 12.1. The second-order valence-corrected chi connectivity index (χ2v) is 3.68. The van der Waals surface area contributed by atoms with Crippen LogP contribution in [0.25, 0.3) is 0 Å². The summed E-state index contributed by atoms with van der Waals surface area (Å²) in [4.78, 5) is 10.2. The van der Waals surface area contributed by atoms with E-state index in [9.17, 15) is 13.6 Å². The molecule has 1 aromatic heterocycles. The van der Waals surface area contributed by atoms with Crippen LogP contribution in [0.2, 0.25) is 0 Å². The predicted octanol–water partition coefficient (Wildman–Crippen LogP) is 1.75. The third-order valence-electron chi connectivity index (χ3n) is 1.47. The zero-order chi connectivity index (χ0) is 11.3. The highest BCUT2D eigenvalue weighted by Crippen LogP contribution is 2.24. The summed E-state index contributed by atoms with van der Waals surface area (Å²) in [6.07, 6.45) is -2.16. The molecule has 0 atom stereocenters. The average Bonchev–Trinajstić information content (AvgIpc) is 2.60. The van der Waals surface area contributed by atoms with Crippen LogP contribution in [0, 0.1) is 0 Å². The number of hydrogen-bond acceptors (Lipinski definition) is 5. The van der Waals surface area contributed by atoms with E-state index in [1.165, 1.54) is 0 Å². The Bertz CT molecular complexity index is 332. The van der Waals surface area contributed by atoms with Crippen molar-refractivity contribution in [2.24, 2.45) is 0 Å². The molecule has 0 fully saturated rings. The van der Waals surface area contributed by atoms with E-state index < -0.39 is 12.4 Å². The van der Waals surface area contributed by atoms with Crippen LogP contribution in [0.15, 0.2) is 0 Å². The van der Waals surface area contributed by atoms with Crippen molar-refractivity contribution in [2.75, 3.05) is 11.9 Å². The zero-order valence-electron chi connectivity index (χ0n) is 7.61. The van der Waals surface area contributed by atoms with E-state index in [4.69, 9.17) is 5.11 Å². The highest BCUT2D eigenvalue weighted by atomic mass is 32.1. The van der Waals surface area contributed by atoms with Crippen molar-refractivity contribution in [3.05, 3.63) is 5.01 Å². The zero-order valence-corrected chi connectivity index (χ0v) is 8.43. The van der Waals surface area contributed by atoms with Crippen molar-refractivity contribution in [2.45, 2.75) is 19.3 Å². The lowest BCUT2D eigenvalue weighted by atomic mass is 10.3. The van der Waals surface area contributed by atoms with Gasteiger partial charge in [-0.05, 0) is 6.42 Å². The number of nitrogens with one attached hydrogen (secondary N) is 1. The van der Waals surface area contributed by atoms with Crippen molar-refractivity contribution < 1.29 is 18.7 Å². The van der Waals surface area contributed by atoms with E-state index in [1.54, 1.807) is 0 Å². The van der Waals surface area contributed by atoms with Gasteiger partial charge >= 0.3 is 5.97 Å². The molecule has 0 bridgehead atoms. The highest BCUT2D eigenvalue weighted by molar-refractivity contribution is 7.15. The monoisotopic (exact) mass is 237 g/mol. The van der Waals surface area contributed by atoms with Gasteiger partial charge in [-0.3, -0.25) is 4.79 Å². The Morgan fingerprint density at radius 3 is 2.80 bits per heavy atom. The number of rotatable bonds is 6. The summed E-state index contributed by atoms with van der Waals surface area (Å²) in [7, 11) is 0. The van der Waals surface area contributed by atoms with Gasteiger partial charge < -0.3 is 10.4 Å². The molecule has 1 rings (SSSR count). The van der Waals surface area contributed by atoms with Crippen LogP contribution < -0.4 is 5.32 Å². The molecule has 1 heterocycles. The largest absolute Gasteiger partial charge is 0.481 e. The topological polar surface area (TPSA) is 75.1 Å². The molecule has 5 nitrogen and oxygen atoms in total. The first-order chi connectivity index (χ1) is 7.09. The summed E-state index contributed by atoms with van der Waals surface area (Å²) in [5.74, 6) is -0.887. The molecular formula is C7H9F2N3O2S. The van der Waals surface area contributed by atoms with Gasteiger partial charge in [-0.25, -0.2) is 8.78 Å². The van der Waals surface area contributed by atoms with Gasteiger partial charge in [0.25, 0.3) is 6.43 Å². The fraction of sp³-hybridized carbons (Fsp3) is 0.571. The van der Waals surface area contributed by atoms with Crippen molar-refractivity contribution in [1.29, 1.82) is 0 Å². The Kier molecular flexibility index (Phi) is 4.35. The Hall–Kier alpha value is -1.31. The standard InChI is InChI=1S/C7H9F2N3O2S/c8-5(9)6-11-12-7(15-6)10-3-1-2-4(13)14/h5H,1-3H2,(H,10,12)(H,13,14). The molecule has 0 spiro atoms. The molecule has 0 aliphatic heterocycles. The van der Waals surface area contributed by atoms with Crippen molar-refractivity contribution >= 4 is 22.4 Å². The van der Waals surface area contributed by atoms with E-state index in [0.29, 0.717) is 13.0 Å². The van der Waals surface area contributed by atoms with Gasteiger partial charge in [0, 0.05) is 13.0 Å². The number of halogens is 2. The lowest BCUT2D eigenvalue weighted by Gasteiger charge is -1.98. The van der Waals surface area contributed by atoms with Crippen LogP contribution >= 0.6 is 11.3 Å². The van der Waals surface area contributed by atoms with Crippen LogP contribution in [-0.2, 0) is 4.79 Å². The quantitative estimate of drug-likeness (QED) is 0.737. The number of carboxylic acids is 1. The first-order valence-corrected chi connectivity index (χ1v) is 4.98. The first kappa shape index (κ1) is 11.8. The fourth-order valence-corrected chi connectivity index (χ4v) is 1.45. The number of hydrogen-bond donors (Lipinski definition) is 2. The molecule has 0 aliphatic carbocycles. The second-order valence-electron chi connectivity index (χ2n) is 2.67. The Balaban J connectivity index is 2.28. The molecule has 0 aliphatic rings. The van der Waals surface area contributed by atoms with Crippen LogP contribution in [0.4, 0.5) is 13.9 Å². The lowest BCUT2D eigenvalue weighted by molar-refractivity contribution is -0.137. The second kappa shape index (κ2) is 5.54. The summed E-state index contributed by atoms with van der Waals surface area (Å²) in [5.41, 5.74) is 0. The fourth-order valence-electron chi connectivity index (χ4n) is 0.829. The average molecular weight is 237 g/mol. The molecule has 0 unspecified atom stereocenters. The summed E-state index contributed by atoms with van der Waals surface area (Å²) in [6.45, 7) is 0.379. The predicted molar refractivity (Wildman–Crippen MR) is 50.2 cm³/mol. The molecule has 84 valence electrons. The van der Waals surface area contributed by atoms with E-state index in [2.05, 4.69) is 15.5 Å². The molecule has 0 radical (unpaired) electrons. The first-order valence-electron chi connectivity index (χ1n) is 4.17. The highest BCUT2D eigenvalue weighted by Gasteiger charge is 2.13. The van der Waals surface area contributed by atoms with Gasteiger partial charge in [0.1, 0.15) is 0 Å². The maximum Gasteiger partial charge on any atom is 0.303 e. The number of alkyl halides is 2. The minimum Gasteiger partial charge on any atom is -0.481 e. The van der Waals surface area contributed by atoms with E-state index in [0.717, 1.165) is 11.3 Å². The minimum absolute atomic E-state index is 0.0352. The number of aliphatic carboxylic acids is 1. The third-order valence-corrected chi connectivity index (χ3v) is 2.36. The number of carbonyl (C=O) groups is 1. The Morgan fingerprint density at radius 2 is 2.27 bits per heavy atom. The van der Waals surface area contributed by atoms with Crippen LogP contribution in [0.1, 0.15) is 24.3 Å². The maximum absolute atomic E-state index is 12.1. The molecular weight excluding hydrogens is 228 g/mol. The summed E-state index contributed by atoms with van der Waals surface area (Å²) < 4.78 is 24.2. The molecule has 0 saturated carbocycles. The summed E-state index contributed by atoms with van der Waals surface area (Å²) in [6, 6.07) is 0. The molecule has 15 heavy (non-hydrogen) atoms. The van der Waals surface area contributed by atoms with Gasteiger partial charge in [0.15, 0.2) is 5.01 Å². The minimum atomic E-state index is -2.61. The molecule has 1 aromatic rings. The van der Waals surface area contributed by atoms with Crippen LogP contribution in [-0.4, -0.2) is 27.8 Å². The Labute approximate surface area is 88.1 Å². The molecule has 8 heteroatoms. The van der Waals surface area contributed by atoms with Gasteiger partial charge in [-0.2, -0.15) is 0 Å². The van der Waals surface area contributed by atoms with Crippen molar-refractivity contribution in [3.8, 4) is 0 Å². The number of aromatic nitrogens is 2. The number of nitrogens with zero attached hydrogens (tertiary/aromatic N) is 2. The van der Waals surface area contributed by atoms with Gasteiger partial charge in [0.2, 0.25) is 5.13 Å². The van der Waals surface area contributed by atoms with Crippen molar-refractivity contribution in [1.82, 2.24) is 10.2 Å². The smallest absolute Gasteiger partial charge is 0.303 e. The normalized spacial score (nSPS) is 10.6. The van der Waals surface area contributed by atoms with E-state index >= 15 is 0 Å². The van der Waals surface area contributed by atoms with Gasteiger partial charge in [-0.1, -0.05) is 11.3 Å². The molecule has 0 amide bonds. The SMILES string of the molecule is O=C(O)CCCNc1nnc(C(F)F)s1. The summed E-state index contributed by atoms with van der Waals surface area (Å²) >= 11 is 0.769. The van der Waals surface area contributed by atoms with E-state index in [-0.39, 0.29) is 16.6 Å². The molecule has 0 aromatic carbocycles. The number of anilines is 1. The van der Waals surface area contributed by atoms with Gasteiger partial charge in [-0.15, -0.1) is 10.2 Å². The molecule has 0 saturated heterocycles. The van der Waals surface area contributed by atoms with Crippen molar-refractivity contribution in [3.63, 3.8) is 0 Å². The number of carboxylic acid groups (broad SMARTS) is 1.